The zero-order valence-electron chi connectivity index (χ0n) is 25.6. The molecular weight excluding hydrogens is 512 g/mol. The van der Waals surface area contributed by atoms with E-state index in [0.717, 1.165) is 50.7 Å². The predicted molar refractivity (Wildman–Crippen MR) is 157 cm³/mol. The van der Waals surface area contributed by atoms with Crippen molar-refractivity contribution in [1.82, 2.24) is 0 Å². The van der Waals surface area contributed by atoms with Crippen LogP contribution in [0.5, 0.6) is 0 Å². The molecule has 232 valence electrons. The highest BCUT2D eigenvalue weighted by Crippen LogP contribution is 2.12. The van der Waals surface area contributed by atoms with Gasteiger partial charge < -0.3 is 18.9 Å². The van der Waals surface area contributed by atoms with Gasteiger partial charge in [0, 0.05) is 25.0 Å². The molecular formula is C32H56O8. The van der Waals surface area contributed by atoms with Gasteiger partial charge in [0.25, 0.3) is 0 Å². The van der Waals surface area contributed by atoms with E-state index in [-0.39, 0.29) is 38.0 Å². The lowest BCUT2D eigenvalue weighted by atomic mass is 10.1. The summed E-state index contributed by atoms with van der Waals surface area (Å²) in [5.41, 5.74) is 0. The maximum absolute atomic E-state index is 12.2. The number of carbonyl (C=O) groups is 4. The van der Waals surface area contributed by atoms with Gasteiger partial charge in [-0.15, -0.1) is 0 Å². The normalized spacial score (nSPS) is 11.1. The minimum absolute atomic E-state index is 0.223. The summed E-state index contributed by atoms with van der Waals surface area (Å²) in [6.45, 7) is 3.97. The molecule has 0 fully saturated rings. The lowest BCUT2D eigenvalue weighted by molar-refractivity contribution is -0.163. The second-order valence-electron chi connectivity index (χ2n) is 10.4. The quantitative estimate of drug-likeness (QED) is 0.0433. The van der Waals surface area contributed by atoms with E-state index in [1.807, 2.05) is 0 Å². The highest BCUT2D eigenvalue weighted by molar-refractivity contribution is 5.91. The number of rotatable bonds is 27. The van der Waals surface area contributed by atoms with E-state index >= 15 is 0 Å². The van der Waals surface area contributed by atoms with Crippen molar-refractivity contribution in [2.24, 2.45) is 0 Å². The summed E-state index contributed by atoms with van der Waals surface area (Å²) in [7, 11) is 1.20. The van der Waals surface area contributed by atoms with E-state index in [4.69, 9.17) is 14.2 Å². The third-order valence-electron chi connectivity index (χ3n) is 6.67. The number of carbonyl (C=O) groups excluding carboxylic acids is 4. The van der Waals surface area contributed by atoms with Gasteiger partial charge >= 0.3 is 23.9 Å². The summed E-state index contributed by atoms with van der Waals surface area (Å²) in [6.07, 6.45) is 22.1. The molecule has 0 radical (unpaired) electrons. The van der Waals surface area contributed by atoms with Crippen LogP contribution >= 0.6 is 0 Å². The average molecular weight is 569 g/mol. The van der Waals surface area contributed by atoms with E-state index in [0.29, 0.717) is 0 Å². The molecule has 0 saturated carbocycles. The van der Waals surface area contributed by atoms with Gasteiger partial charge in [-0.3, -0.25) is 9.59 Å². The Hall–Kier alpha value is -2.38. The van der Waals surface area contributed by atoms with Crippen molar-refractivity contribution in [3.63, 3.8) is 0 Å². The monoisotopic (exact) mass is 568 g/mol. The SMILES string of the molecule is CCCCCCCCCCCC(=O)OCC(COC(=O)CCCCCCCCCCC)OC(=O)/C=C/C(=O)OC. The Balaban J connectivity index is 4.34. The molecule has 0 aromatic rings. The number of ether oxygens (including phenoxy) is 4. The Bertz CT molecular complexity index is 650. The molecule has 8 nitrogen and oxygen atoms in total. The fraction of sp³-hybridized carbons (Fsp3) is 0.812. The van der Waals surface area contributed by atoms with Gasteiger partial charge in [-0.05, 0) is 12.8 Å². The number of esters is 4. The zero-order valence-corrected chi connectivity index (χ0v) is 25.6. The fourth-order valence-corrected chi connectivity index (χ4v) is 4.20. The summed E-state index contributed by atoms with van der Waals surface area (Å²) in [5, 5.41) is 0. The molecule has 0 N–H and O–H groups in total. The Labute approximate surface area is 242 Å². The van der Waals surface area contributed by atoms with Crippen molar-refractivity contribution < 1.29 is 38.1 Å². The summed E-state index contributed by atoms with van der Waals surface area (Å²) in [4.78, 5) is 47.7. The summed E-state index contributed by atoms with van der Waals surface area (Å²) >= 11 is 0. The van der Waals surface area contributed by atoms with E-state index in [2.05, 4.69) is 18.6 Å². The van der Waals surface area contributed by atoms with Gasteiger partial charge in [-0.1, -0.05) is 117 Å². The van der Waals surface area contributed by atoms with Crippen LogP contribution < -0.4 is 0 Å². The molecule has 0 saturated heterocycles. The van der Waals surface area contributed by atoms with Crippen LogP contribution in [0.3, 0.4) is 0 Å². The van der Waals surface area contributed by atoms with Crippen molar-refractivity contribution in [3.8, 4) is 0 Å². The fourth-order valence-electron chi connectivity index (χ4n) is 4.20. The minimum Gasteiger partial charge on any atom is -0.466 e. The first-order valence-electron chi connectivity index (χ1n) is 15.7. The summed E-state index contributed by atoms with van der Waals surface area (Å²) in [5.74, 6) is -2.28. The van der Waals surface area contributed by atoms with Gasteiger partial charge in [0.2, 0.25) is 0 Å². The predicted octanol–water partition coefficient (Wildman–Crippen LogP) is 7.56. The smallest absolute Gasteiger partial charge is 0.331 e. The van der Waals surface area contributed by atoms with E-state index in [1.54, 1.807) is 0 Å². The van der Waals surface area contributed by atoms with Gasteiger partial charge in [0.15, 0.2) is 6.10 Å². The lowest BCUT2D eigenvalue weighted by Gasteiger charge is -2.17. The molecule has 8 heteroatoms. The Morgan fingerprint density at radius 2 is 0.875 bits per heavy atom. The molecule has 0 heterocycles. The molecule has 0 unspecified atom stereocenters. The Morgan fingerprint density at radius 1 is 0.525 bits per heavy atom. The highest BCUT2D eigenvalue weighted by Gasteiger charge is 2.19. The van der Waals surface area contributed by atoms with Crippen molar-refractivity contribution in [2.45, 2.75) is 148 Å². The number of methoxy groups -OCH3 is 1. The average Bonchev–Trinajstić information content (AvgIpc) is 2.95. The number of hydrogen-bond donors (Lipinski definition) is 0. The molecule has 40 heavy (non-hydrogen) atoms. The second-order valence-corrected chi connectivity index (χ2v) is 10.4. The lowest BCUT2D eigenvalue weighted by Crippen LogP contribution is -2.30. The van der Waals surface area contributed by atoms with Crippen molar-refractivity contribution in [3.05, 3.63) is 12.2 Å². The van der Waals surface area contributed by atoms with Crippen molar-refractivity contribution >= 4 is 23.9 Å². The van der Waals surface area contributed by atoms with Crippen LogP contribution in [0.25, 0.3) is 0 Å². The molecule has 0 amide bonds. The largest absolute Gasteiger partial charge is 0.466 e. The van der Waals surface area contributed by atoms with Crippen LogP contribution in [0.4, 0.5) is 0 Å². The maximum Gasteiger partial charge on any atom is 0.331 e. The van der Waals surface area contributed by atoms with Gasteiger partial charge in [0.05, 0.1) is 7.11 Å². The van der Waals surface area contributed by atoms with Crippen LogP contribution in [0.2, 0.25) is 0 Å². The number of hydrogen-bond acceptors (Lipinski definition) is 8. The highest BCUT2D eigenvalue weighted by atomic mass is 16.6. The molecule has 0 aromatic heterocycles. The molecule has 0 bridgehead atoms. The summed E-state index contributed by atoms with van der Waals surface area (Å²) < 4.78 is 20.3. The Morgan fingerprint density at radius 3 is 1.25 bits per heavy atom. The second kappa shape index (κ2) is 28.2. The molecule has 0 rings (SSSR count). The van der Waals surface area contributed by atoms with Crippen LogP contribution in [-0.4, -0.2) is 50.3 Å². The van der Waals surface area contributed by atoms with Crippen LogP contribution in [-0.2, 0) is 38.1 Å². The van der Waals surface area contributed by atoms with Crippen molar-refractivity contribution in [2.75, 3.05) is 20.3 Å². The third kappa shape index (κ3) is 25.9. The summed E-state index contributed by atoms with van der Waals surface area (Å²) in [6, 6.07) is 0. The van der Waals surface area contributed by atoms with Gasteiger partial charge in [-0.2, -0.15) is 0 Å². The van der Waals surface area contributed by atoms with E-state index in [9.17, 15) is 19.2 Å². The zero-order chi connectivity index (χ0) is 29.7. The molecule has 0 aliphatic heterocycles. The minimum atomic E-state index is -0.964. The standard InChI is InChI=1S/C32H56O8/c1-4-6-8-10-12-14-16-18-20-22-30(34)38-26-28(40-32(36)25-24-29(33)37-3)27-39-31(35)23-21-19-17-15-13-11-9-7-5-2/h24-25,28H,4-23,26-27H2,1-3H3/b25-24+. The maximum atomic E-state index is 12.2. The van der Waals surface area contributed by atoms with Crippen LogP contribution in [0.1, 0.15) is 142 Å². The molecule has 0 aliphatic carbocycles. The van der Waals surface area contributed by atoms with Crippen LogP contribution in [0.15, 0.2) is 12.2 Å². The third-order valence-corrected chi connectivity index (χ3v) is 6.67. The van der Waals surface area contributed by atoms with Gasteiger partial charge in [0.1, 0.15) is 13.2 Å². The van der Waals surface area contributed by atoms with Crippen LogP contribution in [0, 0.1) is 0 Å². The first kappa shape index (κ1) is 37.6. The number of unbranched alkanes of at least 4 members (excludes halogenated alkanes) is 16. The molecule has 0 spiro atoms. The molecule has 0 atom stereocenters. The van der Waals surface area contributed by atoms with E-state index in [1.165, 1.54) is 84.2 Å². The first-order chi connectivity index (χ1) is 19.4. The van der Waals surface area contributed by atoms with Gasteiger partial charge in [-0.25, -0.2) is 9.59 Å². The topological polar surface area (TPSA) is 105 Å². The Kier molecular flexibility index (Phi) is 26.5. The van der Waals surface area contributed by atoms with Crippen molar-refractivity contribution in [1.29, 1.82) is 0 Å². The molecule has 0 aliphatic rings. The molecule has 0 aromatic carbocycles. The van der Waals surface area contributed by atoms with E-state index < -0.39 is 18.0 Å². The first-order valence-corrected chi connectivity index (χ1v) is 15.7.